The zero-order chi connectivity index (χ0) is 12.7. The van der Waals surface area contributed by atoms with Crippen LogP contribution in [0, 0.1) is 23.7 Å². The largest absolute Gasteiger partial charge is 0.382 e. The number of nitriles is 1. The van der Waals surface area contributed by atoms with Gasteiger partial charge >= 0.3 is 10.1 Å². The van der Waals surface area contributed by atoms with Crippen LogP contribution >= 0.6 is 0 Å². The molecule has 0 saturated heterocycles. The molecule has 0 radical (unpaired) electrons. The molecule has 88 valence electrons. The molecule has 4 nitrogen and oxygen atoms in total. The molecule has 0 aliphatic carbocycles. The van der Waals surface area contributed by atoms with Crippen LogP contribution in [-0.2, 0) is 10.1 Å². The molecular weight excluding hydrogens is 238 g/mol. The van der Waals surface area contributed by atoms with E-state index in [4.69, 9.17) is 15.9 Å². The highest BCUT2D eigenvalue weighted by atomic mass is 32.2. The molecule has 1 aromatic rings. The molecule has 0 heterocycles. The normalized spacial score (nSPS) is 10.2. The van der Waals surface area contributed by atoms with Crippen molar-refractivity contribution in [2.24, 2.45) is 0 Å². The van der Waals surface area contributed by atoms with Crippen LogP contribution in [0.4, 0.5) is 0 Å². The van der Waals surface area contributed by atoms with Crippen molar-refractivity contribution in [3.05, 3.63) is 29.8 Å². The first-order valence-electron chi connectivity index (χ1n) is 4.93. The van der Waals surface area contributed by atoms with Gasteiger partial charge in [-0.05, 0) is 30.7 Å². The van der Waals surface area contributed by atoms with Crippen molar-refractivity contribution in [1.82, 2.24) is 0 Å². The van der Waals surface area contributed by atoms with E-state index in [1.807, 2.05) is 6.07 Å². The molecule has 0 saturated carbocycles. The SMILES string of the molecule is C#CCCCS(=O)(=O)Oc1ccc(C#N)cc1. The topological polar surface area (TPSA) is 67.2 Å². The molecule has 0 unspecified atom stereocenters. The lowest BCUT2D eigenvalue weighted by Crippen LogP contribution is -2.13. The van der Waals surface area contributed by atoms with Crippen LogP contribution in [0.2, 0.25) is 0 Å². The van der Waals surface area contributed by atoms with Crippen molar-refractivity contribution in [3.63, 3.8) is 0 Å². The second-order valence-corrected chi connectivity index (χ2v) is 4.98. The first-order valence-corrected chi connectivity index (χ1v) is 6.51. The van der Waals surface area contributed by atoms with E-state index in [-0.39, 0.29) is 11.5 Å². The fourth-order valence-corrected chi connectivity index (χ4v) is 2.11. The lowest BCUT2D eigenvalue weighted by molar-refractivity contribution is 0.484. The third kappa shape index (κ3) is 4.58. The maximum Gasteiger partial charge on any atom is 0.309 e. The van der Waals surface area contributed by atoms with Crippen molar-refractivity contribution in [1.29, 1.82) is 5.26 Å². The van der Waals surface area contributed by atoms with Crippen molar-refractivity contribution >= 4 is 10.1 Å². The van der Waals surface area contributed by atoms with Gasteiger partial charge in [0.15, 0.2) is 0 Å². The molecule has 0 N–H and O–H groups in total. The molecule has 1 aromatic carbocycles. The average molecular weight is 249 g/mol. The monoisotopic (exact) mass is 249 g/mol. The first-order chi connectivity index (χ1) is 8.07. The van der Waals surface area contributed by atoms with E-state index in [0.717, 1.165) is 0 Å². The second kappa shape index (κ2) is 5.93. The molecule has 0 fully saturated rings. The van der Waals surface area contributed by atoms with E-state index in [1.54, 1.807) is 0 Å². The minimum absolute atomic E-state index is 0.114. The quantitative estimate of drug-likeness (QED) is 0.452. The Balaban J connectivity index is 2.64. The Kier molecular flexibility index (Phi) is 4.56. The van der Waals surface area contributed by atoms with Gasteiger partial charge in [-0.1, -0.05) is 0 Å². The van der Waals surface area contributed by atoms with Crippen molar-refractivity contribution in [3.8, 4) is 24.2 Å². The van der Waals surface area contributed by atoms with Crippen molar-refractivity contribution in [2.75, 3.05) is 5.75 Å². The molecular formula is C12H11NO3S. The van der Waals surface area contributed by atoms with E-state index in [1.165, 1.54) is 24.3 Å². The first kappa shape index (κ1) is 13.1. The Hall–Kier alpha value is -1.98. The van der Waals surface area contributed by atoms with Gasteiger partial charge < -0.3 is 4.18 Å². The van der Waals surface area contributed by atoms with E-state index in [2.05, 4.69) is 5.92 Å². The van der Waals surface area contributed by atoms with Gasteiger partial charge in [-0.15, -0.1) is 12.3 Å². The molecule has 0 atom stereocenters. The van der Waals surface area contributed by atoms with Crippen LogP contribution in [0.15, 0.2) is 24.3 Å². The number of hydrogen-bond acceptors (Lipinski definition) is 4. The third-order valence-corrected chi connectivity index (χ3v) is 3.16. The highest BCUT2D eigenvalue weighted by Gasteiger charge is 2.11. The van der Waals surface area contributed by atoms with Gasteiger partial charge in [0.2, 0.25) is 0 Å². The molecule has 0 amide bonds. The van der Waals surface area contributed by atoms with Gasteiger partial charge in [0, 0.05) is 6.42 Å². The molecule has 5 heteroatoms. The smallest absolute Gasteiger partial charge is 0.309 e. The zero-order valence-corrected chi connectivity index (χ0v) is 9.90. The Bertz CT molecular complexity index is 547. The minimum atomic E-state index is -3.60. The fraction of sp³-hybridized carbons (Fsp3) is 0.250. The average Bonchev–Trinajstić information content (AvgIpc) is 2.30. The summed E-state index contributed by atoms with van der Waals surface area (Å²) in [5.74, 6) is 2.45. The maximum absolute atomic E-state index is 11.5. The molecule has 0 aliphatic heterocycles. The van der Waals surface area contributed by atoms with Gasteiger partial charge in [0.25, 0.3) is 0 Å². The summed E-state index contributed by atoms with van der Waals surface area (Å²) in [5.41, 5.74) is 0.446. The summed E-state index contributed by atoms with van der Waals surface area (Å²) in [4.78, 5) is 0. The number of unbranched alkanes of at least 4 members (excludes halogenated alkanes) is 1. The zero-order valence-electron chi connectivity index (χ0n) is 9.09. The van der Waals surface area contributed by atoms with Crippen LogP contribution in [0.25, 0.3) is 0 Å². The summed E-state index contributed by atoms with van der Waals surface area (Å²) in [6.07, 6.45) is 5.80. The number of rotatable bonds is 5. The van der Waals surface area contributed by atoms with Gasteiger partial charge in [-0.25, -0.2) is 0 Å². The minimum Gasteiger partial charge on any atom is -0.382 e. The summed E-state index contributed by atoms with van der Waals surface area (Å²) in [6.45, 7) is 0. The Morgan fingerprint density at radius 1 is 1.29 bits per heavy atom. The Labute approximate surface area is 101 Å². The third-order valence-electron chi connectivity index (χ3n) is 1.92. The van der Waals surface area contributed by atoms with Crippen molar-refractivity contribution < 1.29 is 12.6 Å². The van der Waals surface area contributed by atoms with Crippen LogP contribution in [0.3, 0.4) is 0 Å². The van der Waals surface area contributed by atoms with Crippen LogP contribution in [-0.4, -0.2) is 14.2 Å². The molecule has 17 heavy (non-hydrogen) atoms. The van der Waals surface area contributed by atoms with Gasteiger partial charge in [-0.2, -0.15) is 13.7 Å². The predicted molar refractivity (Wildman–Crippen MR) is 63.6 cm³/mol. The molecule has 1 rings (SSSR count). The predicted octanol–water partition coefficient (Wildman–Crippen LogP) is 1.68. The van der Waals surface area contributed by atoms with E-state index in [0.29, 0.717) is 18.4 Å². The second-order valence-electron chi connectivity index (χ2n) is 3.29. The lowest BCUT2D eigenvalue weighted by atomic mass is 10.2. The highest BCUT2D eigenvalue weighted by molar-refractivity contribution is 7.87. The van der Waals surface area contributed by atoms with Gasteiger partial charge in [0.05, 0.1) is 17.4 Å². The maximum atomic E-state index is 11.5. The van der Waals surface area contributed by atoms with E-state index in [9.17, 15) is 8.42 Å². The molecule has 0 aromatic heterocycles. The Morgan fingerprint density at radius 3 is 2.47 bits per heavy atom. The van der Waals surface area contributed by atoms with E-state index >= 15 is 0 Å². The van der Waals surface area contributed by atoms with Crippen LogP contribution in [0.1, 0.15) is 18.4 Å². The summed E-state index contributed by atoms with van der Waals surface area (Å²) >= 11 is 0. The summed E-state index contributed by atoms with van der Waals surface area (Å²) in [6, 6.07) is 7.80. The van der Waals surface area contributed by atoms with Crippen molar-refractivity contribution in [2.45, 2.75) is 12.8 Å². The van der Waals surface area contributed by atoms with Crippen LogP contribution in [0.5, 0.6) is 5.75 Å². The molecule has 0 spiro atoms. The molecule has 0 bridgehead atoms. The van der Waals surface area contributed by atoms with Gasteiger partial charge in [0.1, 0.15) is 5.75 Å². The van der Waals surface area contributed by atoms with Gasteiger partial charge in [-0.3, -0.25) is 0 Å². The van der Waals surface area contributed by atoms with Crippen LogP contribution < -0.4 is 4.18 Å². The lowest BCUT2D eigenvalue weighted by Gasteiger charge is -2.05. The number of benzene rings is 1. The molecule has 0 aliphatic rings. The standard InChI is InChI=1S/C12H11NO3S/c1-2-3-4-9-17(14,15)16-12-7-5-11(10-13)6-8-12/h1,5-8H,3-4,9H2. The number of terminal acetylenes is 1. The Morgan fingerprint density at radius 2 is 1.94 bits per heavy atom. The number of hydrogen-bond donors (Lipinski definition) is 0. The summed E-state index contributed by atoms with van der Waals surface area (Å²) < 4.78 is 27.8. The summed E-state index contributed by atoms with van der Waals surface area (Å²) in [7, 11) is -3.60. The summed E-state index contributed by atoms with van der Waals surface area (Å²) in [5, 5.41) is 8.58. The van der Waals surface area contributed by atoms with E-state index < -0.39 is 10.1 Å². The fourth-order valence-electron chi connectivity index (χ4n) is 1.12. The number of nitrogens with zero attached hydrogens (tertiary/aromatic N) is 1. The highest BCUT2D eigenvalue weighted by Crippen LogP contribution is 2.14.